The number of carbonyl (C=O) groups excluding carboxylic acids is 1. The lowest BCUT2D eigenvalue weighted by Gasteiger charge is -2.12. The molecule has 0 saturated carbocycles. The van der Waals surface area contributed by atoms with E-state index in [9.17, 15) is 4.79 Å². The first-order chi connectivity index (χ1) is 16.1. The summed E-state index contributed by atoms with van der Waals surface area (Å²) >= 11 is 8.83. The van der Waals surface area contributed by atoms with Gasteiger partial charge in [-0.05, 0) is 55.5 Å². The molecule has 0 saturated heterocycles. The third-order valence-corrected chi connectivity index (χ3v) is 7.17. The van der Waals surface area contributed by atoms with Crippen LogP contribution in [0.3, 0.4) is 0 Å². The fraction of sp³-hybridized carbons (Fsp3) is 0.130. The number of furan rings is 1. The van der Waals surface area contributed by atoms with Gasteiger partial charge in [0.15, 0.2) is 16.1 Å². The fourth-order valence-corrected chi connectivity index (χ4v) is 5.08. The molecule has 0 aliphatic carbocycles. The predicted molar refractivity (Wildman–Crippen MR) is 132 cm³/mol. The molecule has 1 N–H and O–H groups in total. The maximum atomic E-state index is 12.9. The van der Waals surface area contributed by atoms with Crippen molar-refractivity contribution in [2.45, 2.75) is 23.9 Å². The number of benzene rings is 2. The molecule has 0 radical (unpaired) electrons. The minimum Gasteiger partial charge on any atom is -0.467 e. The van der Waals surface area contributed by atoms with Crippen LogP contribution in [0.15, 0.2) is 76.5 Å². The van der Waals surface area contributed by atoms with Crippen LogP contribution < -0.4 is 5.32 Å². The summed E-state index contributed by atoms with van der Waals surface area (Å²) in [5.74, 6) is 1.28. The molecule has 0 aliphatic rings. The van der Waals surface area contributed by atoms with E-state index >= 15 is 0 Å². The van der Waals surface area contributed by atoms with Crippen molar-refractivity contribution in [3.8, 4) is 11.4 Å². The van der Waals surface area contributed by atoms with Crippen LogP contribution in [-0.4, -0.2) is 30.9 Å². The monoisotopic (exact) mass is 495 g/mol. The van der Waals surface area contributed by atoms with Crippen LogP contribution >= 0.6 is 34.7 Å². The van der Waals surface area contributed by atoms with E-state index < -0.39 is 5.25 Å². The number of para-hydroxylation sites is 1. The number of thioether (sulfide) groups is 1. The van der Waals surface area contributed by atoms with Gasteiger partial charge in [-0.15, -0.1) is 10.2 Å². The number of halogens is 1. The van der Waals surface area contributed by atoms with Crippen LogP contribution in [0, 0.1) is 0 Å². The summed E-state index contributed by atoms with van der Waals surface area (Å²) in [6.45, 7) is 2.27. The molecular weight excluding hydrogens is 478 g/mol. The van der Waals surface area contributed by atoms with E-state index in [2.05, 4.69) is 20.5 Å². The quantitative estimate of drug-likeness (QED) is 0.280. The van der Waals surface area contributed by atoms with Crippen LogP contribution in [0.1, 0.15) is 12.7 Å². The number of hydrogen-bond donors (Lipinski definition) is 1. The molecule has 1 atom stereocenters. The molecule has 0 bridgehead atoms. The molecule has 3 heterocycles. The van der Waals surface area contributed by atoms with Gasteiger partial charge in [0.1, 0.15) is 5.76 Å². The fourth-order valence-electron chi connectivity index (χ4n) is 3.23. The summed E-state index contributed by atoms with van der Waals surface area (Å²) in [4.78, 5) is 17.4. The molecule has 3 aromatic heterocycles. The number of amides is 1. The number of fused-ring (bicyclic) bond motifs is 1. The highest BCUT2D eigenvalue weighted by Crippen LogP contribution is 2.30. The standard InChI is InChI=1S/C23H18ClN5O2S2/c1-14(21(30)26-22-25-18-6-2-3-7-19(18)33-22)32-23-28-27-20(15-8-10-16(24)11-9-15)29(23)13-17-5-4-12-31-17/h2-12,14H,13H2,1H3,(H,25,26,30). The summed E-state index contributed by atoms with van der Waals surface area (Å²) in [5.41, 5.74) is 1.74. The molecule has 0 spiro atoms. The Labute approximate surface area is 202 Å². The van der Waals surface area contributed by atoms with Crippen molar-refractivity contribution in [1.82, 2.24) is 19.7 Å². The van der Waals surface area contributed by atoms with E-state index in [-0.39, 0.29) is 5.91 Å². The van der Waals surface area contributed by atoms with Gasteiger partial charge in [-0.25, -0.2) is 4.98 Å². The molecule has 0 aliphatic heterocycles. The van der Waals surface area contributed by atoms with Gasteiger partial charge in [-0.2, -0.15) is 0 Å². The maximum absolute atomic E-state index is 12.9. The molecule has 166 valence electrons. The van der Waals surface area contributed by atoms with Crippen molar-refractivity contribution in [3.05, 3.63) is 77.7 Å². The predicted octanol–water partition coefficient (Wildman–Crippen LogP) is 5.97. The molecule has 2 aromatic carbocycles. The first kappa shape index (κ1) is 21.7. The van der Waals surface area contributed by atoms with Gasteiger partial charge >= 0.3 is 0 Å². The van der Waals surface area contributed by atoms with Crippen LogP contribution in [0.25, 0.3) is 21.6 Å². The van der Waals surface area contributed by atoms with Gasteiger partial charge in [0.05, 0.1) is 28.3 Å². The summed E-state index contributed by atoms with van der Waals surface area (Å²) in [6.07, 6.45) is 1.63. The highest BCUT2D eigenvalue weighted by Gasteiger charge is 2.22. The van der Waals surface area contributed by atoms with Crippen molar-refractivity contribution < 1.29 is 9.21 Å². The second kappa shape index (κ2) is 9.38. The molecule has 5 aromatic rings. The minimum atomic E-state index is -0.422. The Morgan fingerprint density at radius 2 is 1.97 bits per heavy atom. The smallest absolute Gasteiger partial charge is 0.239 e. The third kappa shape index (κ3) is 4.80. The van der Waals surface area contributed by atoms with Crippen LogP contribution in [0.5, 0.6) is 0 Å². The Kier molecular flexibility index (Phi) is 6.17. The van der Waals surface area contributed by atoms with Crippen LogP contribution in [-0.2, 0) is 11.3 Å². The molecule has 0 fully saturated rings. The Hall–Kier alpha value is -3.14. The second-order valence-corrected chi connectivity index (χ2v) is 9.99. The van der Waals surface area contributed by atoms with Crippen LogP contribution in [0.2, 0.25) is 5.02 Å². The molecule has 1 amide bonds. The Bertz CT molecular complexity index is 1360. The minimum absolute atomic E-state index is 0.153. The van der Waals surface area contributed by atoms with Crippen LogP contribution in [0.4, 0.5) is 5.13 Å². The number of hydrogen-bond acceptors (Lipinski definition) is 7. The van der Waals surface area contributed by atoms with E-state index in [1.807, 2.05) is 72.2 Å². The van der Waals surface area contributed by atoms with E-state index in [4.69, 9.17) is 16.0 Å². The van der Waals surface area contributed by atoms with E-state index in [1.165, 1.54) is 23.1 Å². The summed E-state index contributed by atoms with van der Waals surface area (Å²) in [5, 5.41) is 13.1. The number of aromatic nitrogens is 4. The number of rotatable bonds is 7. The van der Waals surface area contributed by atoms with Crippen molar-refractivity contribution >= 4 is 56.0 Å². The Balaban J connectivity index is 1.38. The normalized spacial score (nSPS) is 12.2. The summed E-state index contributed by atoms with van der Waals surface area (Å²) in [6, 6.07) is 18.9. The lowest BCUT2D eigenvalue weighted by molar-refractivity contribution is -0.115. The van der Waals surface area contributed by atoms with Crippen molar-refractivity contribution in [2.24, 2.45) is 0 Å². The molecule has 7 nitrogen and oxygen atoms in total. The molecule has 10 heteroatoms. The van der Waals surface area contributed by atoms with Crippen molar-refractivity contribution in [1.29, 1.82) is 0 Å². The SMILES string of the molecule is CC(Sc1nnc(-c2ccc(Cl)cc2)n1Cc1ccco1)C(=O)Nc1nc2ccccc2s1. The first-order valence-corrected chi connectivity index (χ1v) is 12.2. The number of thiazole rings is 1. The zero-order chi connectivity index (χ0) is 22.8. The zero-order valence-electron chi connectivity index (χ0n) is 17.4. The first-order valence-electron chi connectivity index (χ1n) is 10.1. The third-order valence-electron chi connectivity index (χ3n) is 4.89. The zero-order valence-corrected chi connectivity index (χ0v) is 19.8. The van der Waals surface area contributed by atoms with E-state index in [0.717, 1.165) is 21.5 Å². The number of carbonyl (C=O) groups is 1. The topological polar surface area (TPSA) is 85.8 Å². The lowest BCUT2D eigenvalue weighted by atomic mass is 10.2. The van der Waals surface area contributed by atoms with Gasteiger partial charge in [-0.1, -0.05) is 46.8 Å². The van der Waals surface area contributed by atoms with E-state index in [0.29, 0.717) is 27.7 Å². The van der Waals surface area contributed by atoms with Gasteiger partial charge in [0, 0.05) is 10.6 Å². The average Bonchev–Trinajstić information content (AvgIpc) is 3.55. The Morgan fingerprint density at radius 1 is 1.15 bits per heavy atom. The number of nitrogens with zero attached hydrogens (tertiary/aromatic N) is 4. The van der Waals surface area contributed by atoms with Crippen molar-refractivity contribution in [3.63, 3.8) is 0 Å². The van der Waals surface area contributed by atoms with Gasteiger partial charge in [-0.3, -0.25) is 9.36 Å². The largest absolute Gasteiger partial charge is 0.467 e. The highest BCUT2D eigenvalue weighted by molar-refractivity contribution is 8.00. The molecule has 1 unspecified atom stereocenters. The van der Waals surface area contributed by atoms with Gasteiger partial charge in [0.25, 0.3) is 0 Å². The van der Waals surface area contributed by atoms with Crippen molar-refractivity contribution in [2.75, 3.05) is 5.32 Å². The van der Waals surface area contributed by atoms with Gasteiger partial charge < -0.3 is 9.73 Å². The Morgan fingerprint density at radius 3 is 2.73 bits per heavy atom. The van der Waals surface area contributed by atoms with Gasteiger partial charge in [0.2, 0.25) is 5.91 Å². The highest BCUT2D eigenvalue weighted by atomic mass is 35.5. The average molecular weight is 496 g/mol. The molecular formula is C23H18ClN5O2S2. The molecule has 33 heavy (non-hydrogen) atoms. The molecule has 5 rings (SSSR count). The number of anilines is 1. The number of nitrogens with one attached hydrogen (secondary N) is 1. The summed E-state index contributed by atoms with van der Waals surface area (Å²) in [7, 11) is 0. The second-order valence-electron chi connectivity index (χ2n) is 7.21. The maximum Gasteiger partial charge on any atom is 0.239 e. The van der Waals surface area contributed by atoms with E-state index in [1.54, 1.807) is 6.26 Å². The lowest BCUT2D eigenvalue weighted by Crippen LogP contribution is -2.23. The summed E-state index contributed by atoms with van der Waals surface area (Å²) < 4.78 is 8.50.